The van der Waals surface area contributed by atoms with Crippen molar-refractivity contribution in [1.82, 2.24) is 24.6 Å². The summed E-state index contributed by atoms with van der Waals surface area (Å²) < 4.78 is 2.01. The fourth-order valence-corrected chi connectivity index (χ4v) is 3.62. The SMILES string of the molecule is Cc1cn[nH]c1[C@@H]1CCN(C(=O)Cn2c(C)nc3ccccc32)C1. The van der Waals surface area contributed by atoms with E-state index in [9.17, 15) is 4.79 Å². The Labute approximate surface area is 140 Å². The molecule has 6 nitrogen and oxygen atoms in total. The third kappa shape index (κ3) is 2.48. The van der Waals surface area contributed by atoms with E-state index in [1.54, 1.807) is 0 Å². The van der Waals surface area contributed by atoms with Crippen LogP contribution >= 0.6 is 0 Å². The van der Waals surface area contributed by atoms with Crippen molar-refractivity contribution in [3.05, 3.63) is 47.5 Å². The van der Waals surface area contributed by atoms with Gasteiger partial charge in [-0.25, -0.2) is 4.98 Å². The predicted molar refractivity (Wildman–Crippen MR) is 91.7 cm³/mol. The van der Waals surface area contributed by atoms with Gasteiger partial charge in [-0.3, -0.25) is 9.89 Å². The van der Waals surface area contributed by atoms with Crippen LogP contribution in [-0.2, 0) is 11.3 Å². The Morgan fingerprint density at radius 2 is 2.17 bits per heavy atom. The Hall–Kier alpha value is -2.63. The molecule has 4 rings (SSSR count). The Bertz CT molecular complexity index is 894. The summed E-state index contributed by atoms with van der Waals surface area (Å²) in [7, 11) is 0. The number of rotatable bonds is 3. The summed E-state index contributed by atoms with van der Waals surface area (Å²) in [6, 6.07) is 7.95. The number of nitrogens with one attached hydrogen (secondary N) is 1. The van der Waals surface area contributed by atoms with Gasteiger partial charge in [0.15, 0.2) is 0 Å². The molecule has 1 fully saturated rings. The molecule has 0 saturated carbocycles. The molecule has 3 heterocycles. The summed E-state index contributed by atoms with van der Waals surface area (Å²) in [5.74, 6) is 1.39. The molecule has 1 amide bonds. The molecule has 3 aromatic rings. The highest BCUT2D eigenvalue weighted by Crippen LogP contribution is 2.28. The fourth-order valence-electron chi connectivity index (χ4n) is 3.62. The van der Waals surface area contributed by atoms with E-state index in [2.05, 4.69) is 22.1 Å². The largest absolute Gasteiger partial charge is 0.340 e. The smallest absolute Gasteiger partial charge is 0.242 e. The first-order valence-corrected chi connectivity index (χ1v) is 8.33. The third-order valence-corrected chi connectivity index (χ3v) is 4.96. The molecule has 1 saturated heterocycles. The van der Waals surface area contributed by atoms with Crippen molar-refractivity contribution in [2.45, 2.75) is 32.7 Å². The first-order chi connectivity index (χ1) is 11.6. The number of carbonyl (C=O) groups excluding carboxylic acids is 1. The maximum atomic E-state index is 12.8. The van der Waals surface area contributed by atoms with E-state index in [0.29, 0.717) is 12.5 Å². The number of fused-ring (bicyclic) bond motifs is 1. The number of aryl methyl sites for hydroxylation is 2. The standard InChI is InChI=1S/C18H21N5O/c1-12-9-19-21-18(12)14-7-8-22(10-14)17(24)11-23-13(2)20-15-5-3-4-6-16(15)23/h3-6,9,14H,7-8,10-11H2,1-2H3,(H,19,21)/t14-/m1/s1. The molecule has 6 heteroatoms. The molecule has 1 atom stereocenters. The number of hydrogen-bond acceptors (Lipinski definition) is 3. The van der Waals surface area contributed by atoms with Crippen LogP contribution < -0.4 is 0 Å². The zero-order chi connectivity index (χ0) is 16.7. The first-order valence-electron chi connectivity index (χ1n) is 8.33. The zero-order valence-electron chi connectivity index (χ0n) is 14.0. The van der Waals surface area contributed by atoms with Gasteiger partial charge in [-0.2, -0.15) is 5.10 Å². The van der Waals surface area contributed by atoms with Gasteiger partial charge < -0.3 is 9.47 Å². The maximum absolute atomic E-state index is 12.8. The van der Waals surface area contributed by atoms with Crippen LogP contribution in [0.5, 0.6) is 0 Å². The van der Waals surface area contributed by atoms with E-state index in [0.717, 1.165) is 42.1 Å². The average molecular weight is 323 g/mol. The molecule has 0 radical (unpaired) electrons. The molecule has 0 aliphatic carbocycles. The average Bonchev–Trinajstić information content (AvgIpc) is 3.27. The third-order valence-electron chi connectivity index (χ3n) is 4.96. The van der Waals surface area contributed by atoms with Gasteiger partial charge >= 0.3 is 0 Å². The van der Waals surface area contributed by atoms with Gasteiger partial charge in [0.1, 0.15) is 12.4 Å². The quantitative estimate of drug-likeness (QED) is 0.805. The van der Waals surface area contributed by atoms with Gasteiger partial charge in [-0.15, -0.1) is 0 Å². The number of aromatic nitrogens is 4. The summed E-state index contributed by atoms with van der Waals surface area (Å²) in [6.07, 6.45) is 2.83. The van der Waals surface area contributed by atoms with E-state index < -0.39 is 0 Å². The lowest BCUT2D eigenvalue weighted by atomic mass is 10.0. The topological polar surface area (TPSA) is 66.8 Å². The molecule has 2 aromatic heterocycles. The number of hydrogen-bond donors (Lipinski definition) is 1. The fraction of sp³-hybridized carbons (Fsp3) is 0.389. The van der Waals surface area contributed by atoms with Crippen molar-refractivity contribution in [2.24, 2.45) is 0 Å². The minimum atomic E-state index is 0.154. The van der Waals surface area contributed by atoms with Crippen molar-refractivity contribution in [2.75, 3.05) is 13.1 Å². The second-order valence-corrected chi connectivity index (χ2v) is 6.53. The van der Waals surface area contributed by atoms with Gasteiger partial charge in [0, 0.05) is 24.7 Å². The van der Waals surface area contributed by atoms with Crippen LogP contribution in [0.15, 0.2) is 30.5 Å². The van der Waals surface area contributed by atoms with E-state index >= 15 is 0 Å². The Balaban J connectivity index is 1.51. The van der Waals surface area contributed by atoms with Gasteiger partial charge in [0.05, 0.1) is 17.2 Å². The molecule has 1 N–H and O–H groups in total. The molecule has 1 aromatic carbocycles. The number of H-pyrrole nitrogens is 1. The highest BCUT2D eigenvalue weighted by atomic mass is 16.2. The van der Waals surface area contributed by atoms with Gasteiger partial charge in [0.2, 0.25) is 5.91 Å². The molecule has 1 aliphatic heterocycles. The highest BCUT2D eigenvalue weighted by Gasteiger charge is 2.29. The number of amides is 1. The summed E-state index contributed by atoms with van der Waals surface area (Å²) in [5, 5.41) is 7.18. The lowest BCUT2D eigenvalue weighted by Crippen LogP contribution is -2.32. The number of benzene rings is 1. The summed E-state index contributed by atoms with van der Waals surface area (Å²) in [5.41, 5.74) is 4.29. The molecule has 1 aliphatic rings. The number of imidazole rings is 1. The molecular weight excluding hydrogens is 302 g/mol. The first kappa shape index (κ1) is 14.9. The van der Waals surface area contributed by atoms with Crippen LogP contribution in [0.25, 0.3) is 11.0 Å². The number of para-hydroxylation sites is 2. The lowest BCUT2D eigenvalue weighted by Gasteiger charge is -2.17. The van der Waals surface area contributed by atoms with Crippen molar-refractivity contribution in [3.63, 3.8) is 0 Å². The molecule has 24 heavy (non-hydrogen) atoms. The van der Waals surface area contributed by atoms with Crippen LogP contribution in [0.4, 0.5) is 0 Å². The van der Waals surface area contributed by atoms with Crippen LogP contribution in [0.3, 0.4) is 0 Å². The van der Waals surface area contributed by atoms with Crippen LogP contribution in [0.2, 0.25) is 0 Å². The van der Waals surface area contributed by atoms with Crippen LogP contribution in [-0.4, -0.2) is 43.6 Å². The minimum Gasteiger partial charge on any atom is -0.340 e. The van der Waals surface area contributed by atoms with E-state index in [4.69, 9.17) is 0 Å². The molecule has 0 unspecified atom stereocenters. The maximum Gasteiger partial charge on any atom is 0.242 e. The van der Waals surface area contributed by atoms with Crippen LogP contribution in [0, 0.1) is 13.8 Å². The number of aromatic amines is 1. The summed E-state index contributed by atoms with van der Waals surface area (Å²) >= 11 is 0. The summed E-state index contributed by atoms with van der Waals surface area (Å²) in [4.78, 5) is 19.3. The number of carbonyl (C=O) groups is 1. The van der Waals surface area contributed by atoms with Crippen molar-refractivity contribution in [1.29, 1.82) is 0 Å². The second kappa shape index (κ2) is 5.78. The Kier molecular flexibility index (Phi) is 3.59. The van der Waals surface area contributed by atoms with Gasteiger partial charge in [0.25, 0.3) is 0 Å². The number of nitrogens with zero attached hydrogens (tertiary/aromatic N) is 4. The molecule has 124 valence electrons. The van der Waals surface area contributed by atoms with Crippen molar-refractivity contribution >= 4 is 16.9 Å². The van der Waals surface area contributed by atoms with Crippen molar-refractivity contribution < 1.29 is 4.79 Å². The van der Waals surface area contributed by atoms with E-state index in [-0.39, 0.29) is 5.91 Å². The van der Waals surface area contributed by atoms with Crippen LogP contribution in [0.1, 0.15) is 29.4 Å². The lowest BCUT2D eigenvalue weighted by molar-refractivity contribution is -0.130. The van der Waals surface area contributed by atoms with E-state index in [1.807, 2.05) is 46.9 Å². The molecule has 0 bridgehead atoms. The second-order valence-electron chi connectivity index (χ2n) is 6.53. The van der Waals surface area contributed by atoms with Crippen molar-refractivity contribution in [3.8, 4) is 0 Å². The van der Waals surface area contributed by atoms with Gasteiger partial charge in [-0.1, -0.05) is 12.1 Å². The summed E-state index contributed by atoms with van der Waals surface area (Å²) in [6.45, 7) is 5.92. The minimum absolute atomic E-state index is 0.154. The Morgan fingerprint density at radius 3 is 2.96 bits per heavy atom. The highest BCUT2D eigenvalue weighted by molar-refractivity contribution is 5.81. The van der Waals surface area contributed by atoms with Gasteiger partial charge in [-0.05, 0) is 38.0 Å². The van der Waals surface area contributed by atoms with E-state index in [1.165, 1.54) is 5.56 Å². The Morgan fingerprint density at radius 1 is 1.33 bits per heavy atom. The number of likely N-dealkylation sites (tertiary alicyclic amines) is 1. The monoisotopic (exact) mass is 323 g/mol. The zero-order valence-corrected chi connectivity index (χ0v) is 14.0. The molecular formula is C18H21N5O. The molecule has 0 spiro atoms. The normalized spacial score (nSPS) is 17.8. The predicted octanol–water partition coefficient (Wildman–Crippen LogP) is 2.39.